The Bertz CT molecular complexity index is 810. The molecule has 0 aliphatic rings. The molecule has 0 nitrogen and oxygen atoms in total. The first-order chi connectivity index (χ1) is 12.3. The molecule has 0 amide bonds. The molecule has 0 unspecified atom stereocenters. The van der Waals surface area contributed by atoms with E-state index in [-0.39, 0.29) is 0 Å². The van der Waals surface area contributed by atoms with Crippen LogP contribution in [0.2, 0.25) is 0 Å². The van der Waals surface area contributed by atoms with Crippen molar-refractivity contribution in [1.29, 1.82) is 0 Å². The van der Waals surface area contributed by atoms with Gasteiger partial charge in [0.25, 0.3) is 0 Å². The van der Waals surface area contributed by atoms with Crippen LogP contribution in [-0.4, -0.2) is 0 Å². The third kappa shape index (κ3) is 3.38. The number of rotatable bonds is 5. The molecule has 3 aromatic rings. The molecule has 0 fully saturated rings. The second kappa shape index (κ2) is 8.38. The molecule has 0 saturated heterocycles. The van der Waals surface area contributed by atoms with E-state index >= 15 is 0 Å². The van der Waals surface area contributed by atoms with Crippen molar-refractivity contribution in [2.75, 3.05) is 0 Å². The fourth-order valence-corrected chi connectivity index (χ4v) is 8.62. The summed E-state index contributed by atoms with van der Waals surface area (Å²) in [5, 5.41) is 5.07. The summed E-state index contributed by atoms with van der Waals surface area (Å²) < 4.78 is 3.47. The zero-order chi connectivity index (χ0) is 17.5. The Morgan fingerprint density at radius 1 is 0.720 bits per heavy atom. The fraction of sp³-hybridized carbons (Fsp3) is 0. The molecule has 123 valence electrons. The van der Waals surface area contributed by atoms with E-state index in [4.69, 9.17) is 6.58 Å². The predicted molar refractivity (Wildman–Crippen MR) is 106 cm³/mol. The van der Waals surface area contributed by atoms with Gasteiger partial charge in [0.1, 0.15) is 0 Å². The summed E-state index contributed by atoms with van der Waals surface area (Å²) in [7, 11) is -2.03. The molecule has 0 aliphatic carbocycles. The van der Waals surface area contributed by atoms with Gasteiger partial charge in [-0.1, -0.05) is 0 Å². The first-order valence-electron chi connectivity index (χ1n) is 8.01. The van der Waals surface area contributed by atoms with Crippen LogP contribution in [0.1, 0.15) is 0 Å². The maximum atomic E-state index is 5.82. The molecule has 0 bridgehead atoms. The summed E-state index contributed by atoms with van der Waals surface area (Å²) in [6.45, 7) is 5.82. The minimum absolute atomic E-state index is 1.15. The molecule has 0 aromatic heterocycles. The first-order valence-corrected chi connectivity index (χ1v) is 11.1. The van der Waals surface area contributed by atoms with E-state index in [1.54, 1.807) is 24.0 Å². The predicted octanol–water partition coefficient (Wildman–Crippen LogP) is 4.36. The second-order valence-electron chi connectivity index (χ2n) is 5.51. The number of hydrogen-bond acceptors (Lipinski definition) is 0. The Labute approximate surface area is 160 Å². The third-order valence-electron chi connectivity index (χ3n) is 4.14. The van der Waals surface area contributed by atoms with Crippen molar-refractivity contribution in [2.24, 2.45) is 0 Å². The average molecular weight is 516 g/mol. The van der Waals surface area contributed by atoms with Crippen molar-refractivity contribution in [1.82, 2.24) is 0 Å². The normalized spacial score (nSPS) is 11.6. The Kier molecular flexibility index (Phi) is 5.97. The van der Waals surface area contributed by atoms with Gasteiger partial charge in [-0.05, 0) is 0 Å². The second-order valence-corrected chi connectivity index (χ2v) is 9.52. The zero-order valence-electron chi connectivity index (χ0n) is 13.7. The van der Waals surface area contributed by atoms with Gasteiger partial charge in [0, 0.05) is 0 Å². The average Bonchev–Trinajstić information content (AvgIpc) is 2.70. The molecular formula is C23H18OsP. The van der Waals surface area contributed by atoms with E-state index in [0.717, 1.165) is 5.31 Å². The van der Waals surface area contributed by atoms with Gasteiger partial charge in [-0.2, -0.15) is 0 Å². The van der Waals surface area contributed by atoms with Crippen molar-refractivity contribution < 1.29 is 17.9 Å². The van der Waals surface area contributed by atoms with Gasteiger partial charge in [-0.15, -0.1) is 0 Å². The van der Waals surface area contributed by atoms with Crippen LogP contribution in [0, 0.1) is 11.0 Å². The van der Waals surface area contributed by atoms with Crippen molar-refractivity contribution in [3.05, 3.63) is 115 Å². The van der Waals surface area contributed by atoms with Crippen LogP contribution in [0.5, 0.6) is 0 Å². The maximum absolute atomic E-state index is 5.82. The van der Waals surface area contributed by atoms with E-state index in [1.807, 2.05) is 6.08 Å². The van der Waals surface area contributed by atoms with Gasteiger partial charge in [0.05, 0.1) is 0 Å². The van der Waals surface area contributed by atoms with Crippen molar-refractivity contribution >= 4 is 23.2 Å². The zero-order valence-corrected chi connectivity index (χ0v) is 17.1. The van der Waals surface area contributed by atoms with Gasteiger partial charge in [-0.25, -0.2) is 0 Å². The summed E-state index contributed by atoms with van der Waals surface area (Å²) in [4.78, 5) is 0. The van der Waals surface area contributed by atoms with E-state index in [0.29, 0.717) is 0 Å². The first kappa shape index (κ1) is 17.8. The van der Waals surface area contributed by atoms with Crippen LogP contribution >= 0.6 is 7.26 Å². The summed E-state index contributed by atoms with van der Waals surface area (Å²) in [6, 6.07) is 32.2. The van der Waals surface area contributed by atoms with Crippen molar-refractivity contribution in [3.8, 4) is 4.37 Å². The Balaban J connectivity index is 2.47. The van der Waals surface area contributed by atoms with Gasteiger partial charge >= 0.3 is 161 Å². The van der Waals surface area contributed by atoms with Gasteiger partial charge < -0.3 is 0 Å². The monoisotopic (exact) mass is 517 g/mol. The Morgan fingerprint density at radius 3 is 1.36 bits per heavy atom. The van der Waals surface area contributed by atoms with Crippen LogP contribution in [0.3, 0.4) is 0 Å². The van der Waals surface area contributed by atoms with Gasteiger partial charge in [-0.3, -0.25) is 0 Å². The fourth-order valence-electron chi connectivity index (χ4n) is 3.11. The molecule has 25 heavy (non-hydrogen) atoms. The molecule has 2 heteroatoms. The van der Waals surface area contributed by atoms with Crippen LogP contribution in [0.4, 0.5) is 0 Å². The van der Waals surface area contributed by atoms with Gasteiger partial charge in [0.15, 0.2) is 0 Å². The summed E-state index contributed by atoms with van der Waals surface area (Å²) in [6.07, 6.45) is 3.63. The number of benzene rings is 3. The SMILES string of the molecule is [CH-]=C/C=C(\[C]#[Os])[P+](c1ccccc1)(c1ccccc1)c1ccccc1. The van der Waals surface area contributed by atoms with Crippen LogP contribution in [0.25, 0.3) is 0 Å². The topological polar surface area (TPSA) is 0 Å². The molecule has 0 radical (unpaired) electrons. The van der Waals surface area contributed by atoms with E-state index in [9.17, 15) is 0 Å². The summed E-state index contributed by atoms with van der Waals surface area (Å²) in [5.41, 5.74) is 0. The Morgan fingerprint density at radius 2 is 1.08 bits per heavy atom. The van der Waals surface area contributed by atoms with E-state index in [2.05, 4.69) is 95.4 Å². The standard InChI is InChI=1S/C23H18P.Os/c1-3-13-20(2)24(21-14-7-4-8-15-21,22-16-9-5-10-17-22)23-18-11-6-12-19-23;/h1,3-19H;/b20-13+;. The van der Waals surface area contributed by atoms with Crippen molar-refractivity contribution in [2.45, 2.75) is 0 Å². The third-order valence-corrected chi connectivity index (χ3v) is 9.52. The van der Waals surface area contributed by atoms with E-state index < -0.39 is 7.26 Å². The van der Waals surface area contributed by atoms with Crippen LogP contribution in [-0.2, 0) is 17.9 Å². The molecule has 0 atom stereocenters. The number of allylic oxidation sites excluding steroid dienone is 3. The number of hydrogen-bond donors (Lipinski definition) is 0. The summed E-state index contributed by atoms with van der Waals surface area (Å²) in [5.74, 6) is 0. The Hall–Kier alpha value is -2.01. The van der Waals surface area contributed by atoms with Crippen molar-refractivity contribution in [3.63, 3.8) is 0 Å². The quantitative estimate of drug-likeness (QED) is 0.269. The molecular weight excluding hydrogens is 497 g/mol. The van der Waals surface area contributed by atoms with Gasteiger partial charge in [0.2, 0.25) is 0 Å². The molecule has 0 heterocycles. The van der Waals surface area contributed by atoms with Crippen LogP contribution in [0.15, 0.2) is 108 Å². The van der Waals surface area contributed by atoms with Crippen LogP contribution < -0.4 is 15.9 Å². The molecule has 0 spiro atoms. The molecule has 3 rings (SSSR count). The molecule has 3 aromatic carbocycles. The molecule has 0 saturated carbocycles. The minimum atomic E-state index is -2.03. The summed E-state index contributed by atoms with van der Waals surface area (Å²) >= 11 is 1.75. The molecule has 0 aliphatic heterocycles. The van der Waals surface area contributed by atoms with E-state index in [1.165, 1.54) is 15.9 Å². The molecule has 0 N–H and O–H groups in total.